The molecule has 0 fully saturated rings. The summed E-state index contributed by atoms with van der Waals surface area (Å²) >= 11 is 6.00. The molecule has 0 bridgehead atoms. The van der Waals surface area contributed by atoms with E-state index in [1.807, 2.05) is 46.9 Å². The van der Waals surface area contributed by atoms with Crippen molar-refractivity contribution in [3.63, 3.8) is 0 Å². The Bertz CT molecular complexity index is 720. The molecule has 2 heterocycles. The smallest absolute Gasteiger partial charge is 0.161 e. The van der Waals surface area contributed by atoms with Crippen molar-refractivity contribution >= 4 is 17.2 Å². The van der Waals surface area contributed by atoms with Gasteiger partial charge < -0.3 is 5.73 Å². The predicted molar refractivity (Wildman–Crippen MR) is 75.1 cm³/mol. The molecule has 96 valence electrons. The summed E-state index contributed by atoms with van der Waals surface area (Å²) in [5.41, 5.74) is 8.69. The monoisotopic (exact) mass is 272 g/mol. The lowest BCUT2D eigenvalue weighted by molar-refractivity contribution is 0.871. The zero-order valence-corrected chi connectivity index (χ0v) is 11.0. The summed E-state index contributed by atoms with van der Waals surface area (Å²) in [6, 6.07) is 13.6. The second-order valence-electron chi connectivity index (χ2n) is 4.34. The second-order valence-corrected chi connectivity index (χ2v) is 4.77. The van der Waals surface area contributed by atoms with Gasteiger partial charge in [0.25, 0.3) is 0 Å². The van der Waals surface area contributed by atoms with Gasteiger partial charge in [0, 0.05) is 23.7 Å². The van der Waals surface area contributed by atoms with Crippen LogP contribution in [0.5, 0.6) is 0 Å². The zero-order chi connectivity index (χ0) is 13.2. The number of nitrogens with two attached hydrogens (primary N) is 1. The van der Waals surface area contributed by atoms with Crippen LogP contribution in [0.3, 0.4) is 0 Å². The highest BCUT2D eigenvalue weighted by molar-refractivity contribution is 6.30. The van der Waals surface area contributed by atoms with Gasteiger partial charge in [-0.2, -0.15) is 0 Å². The van der Waals surface area contributed by atoms with Gasteiger partial charge in [0.2, 0.25) is 0 Å². The van der Waals surface area contributed by atoms with E-state index in [0.717, 1.165) is 27.8 Å². The lowest BCUT2D eigenvalue weighted by Crippen LogP contribution is -2.07. The average molecular weight is 273 g/mol. The van der Waals surface area contributed by atoms with Crippen LogP contribution < -0.4 is 5.73 Å². The van der Waals surface area contributed by atoms with E-state index in [2.05, 4.69) is 10.2 Å². The second kappa shape index (κ2) is 4.99. The molecular weight excluding hydrogens is 260 g/mol. The fourth-order valence-corrected chi connectivity index (χ4v) is 2.39. The van der Waals surface area contributed by atoms with Crippen molar-refractivity contribution in [2.45, 2.75) is 13.0 Å². The molecule has 0 aliphatic heterocycles. The van der Waals surface area contributed by atoms with Crippen LogP contribution in [-0.4, -0.2) is 14.6 Å². The van der Waals surface area contributed by atoms with Gasteiger partial charge >= 0.3 is 0 Å². The maximum Gasteiger partial charge on any atom is 0.161 e. The number of hydrogen-bond acceptors (Lipinski definition) is 3. The molecule has 3 rings (SSSR count). The number of nitrogens with zero attached hydrogens (tertiary/aromatic N) is 3. The third kappa shape index (κ3) is 2.32. The summed E-state index contributed by atoms with van der Waals surface area (Å²) in [6.07, 6.45) is 0.679. The van der Waals surface area contributed by atoms with Gasteiger partial charge in [0.05, 0.1) is 0 Å². The Hall–Kier alpha value is -1.91. The number of rotatable bonds is 3. The van der Waals surface area contributed by atoms with Crippen LogP contribution in [0.4, 0.5) is 0 Å². The predicted octanol–water partition coefficient (Wildman–Crippen LogP) is 2.43. The van der Waals surface area contributed by atoms with Crippen molar-refractivity contribution in [1.82, 2.24) is 14.6 Å². The Morgan fingerprint density at radius 3 is 2.74 bits per heavy atom. The molecule has 1 aromatic carbocycles. The molecule has 19 heavy (non-hydrogen) atoms. The minimum atomic E-state index is 0.456. The van der Waals surface area contributed by atoms with Crippen LogP contribution in [0.25, 0.3) is 5.65 Å². The fraction of sp³-hybridized carbons (Fsp3) is 0.143. The van der Waals surface area contributed by atoms with Crippen LogP contribution in [0, 0.1) is 0 Å². The van der Waals surface area contributed by atoms with E-state index in [9.17, 15) is 0 Å². The summed E-state index contributed by atoms with van der Waals surface area (Å²) in [6.45, 7) is 0.456. The van der Waals surface area contributed by atoms with E-state index in [1.165, 1.54) is 0 Å². The van der Waals surface area contributed by atoms with Crippen LogP contribution in [0.15, 0.2) is 42.5 Å². The number of aromatic nitrogens is 3. The molecule has 2 aromatic heterocycles. The average Bonchev–Trinajstić information content (AvgIpc) is 2.82. The van der Waals surface area contributed by atoms with Gasteiger partial charge in [0.15, 0.2) is 5.65 Å². The molecular formula is C14H13ClN4. The van der Waals surface area contributed by atoms with E-state index < -0.39 is 0 Å². The minimum absolute atomic E-state index is 0.456. The third-order valence-electron chi connectivity index (χ3n) is 3.04. The molecule has 0 radical (unpaired) electrons. The van der Waals surface area contributed by atoms with Crippen molar-refractivity contribution in [2.24, 2.45) is 5.73 Å². The van der Waals surface area contributed by atoms with Crippen molar-refractivity contribution < 1.29 is 0 Å². The summed E-state index contributed by atoms with van der Waals surface area (Å²) < 4.78 is 2.00. The molecule has 0 aliphatic rings. The highest BCUT2D eigenvalue weighted by Gasteiger charge is 2.09. The molecule has 0 saturated carbocycles. The number of hydrogen-bond donors (Lipinski definition) is 1. The molecule has 0 saturated heterocycles. The van der Waals surface area contributed by atoms with E-state index >= 15 is 0 Å². The quantitative estimate of drug-likeness (QED) is 0.797. The summed E-state index contributed by atoms with van der Waals surface area (Å²) in [5.74, 6) is 0.873. The lowest BCUT2D eigenvalue weighted by atomic mass is 10.1. The molecule has 0 amide bonds. The fourth-order valence-electron chi connectivity index (χ4n) is 2.17. The molecule has 4 nitrogen and oxygen atoms in total. The molecule has 3 aromatic rings. The molecule has 0 spiro atoms. The van der Waals surface area contributed by atoms with Gasteiger partial charge in [-0.05, 0) is 29.8 Å². The van der Waals surface area contributed by atoms with Crippen molar-refractivity contribution in [1.29, 1.82) is 0 Å². The Labute approximate surface area is 115 Å². The standard InChI is InChI=1S/C14H13ClN4/c15-11-4-1-3-10(7-11)8-14-18-17-13-6-2-5-12(9-16)19(13)14/h1-7H,8-9,16H2. The Morgan fingerprint density at radius 1 is 1.11 bits per heavy atom. The van der Waals surface area contributed by atoms with E-state index in [4.69, 9.17) is 17.3 Å². The lowest BCUT2D eigenvalue weighted by Gasteiger charge is -2.05. The molecule has 2 N–H and O–H groups in total. The van der Waals surface area contributed by atoms with E-state index in [-0.39, 0.29) is 0 Å². The maximum atomic E-state index is 6.00. The number of pyridine rings is 1. The first-order valence-corrected chi connectivity index (χ1v) is 6.42. The number of halogens is 1. The molecule has 0 atom stereocenters. The van der Waals surface area contributed by atoms with Crippen LogP contribution in [-0.2, 0) is 13.0 Å². The van der Waals surface area contributed by atoms with Crippen LogP contribution in [0.1, 0.15) is 17.1 Å². The Balaban J connectivity index is 2.06. The highest BCUT2D eigenvalue weighted by atomic mass is 35.5. The van der Waals surface area contributed by atoms with E-state index in [0.29, 0.717) is 13.0 Å². The minimum Gasteiger partial charge on any atom is -0.325 e. The summed E-state index contributed by atoms with van der Waals surface area (Å²) in [7, 11) is 0. The first kappa shape index (κ1) is 12.1. The Kier molecular flexibility index (Phi) is 3.19. The molecule has 0 aliphatic carbocycles. The number of fused-ring (bicyclic) bond motifs is 1. The summed E-state index contributed by atoms with van der Waals surface area (Å²) in [4.78, 5) is 0. The van der Waals surface area contributed by atoms with Crippen LogP contribution >= 0.6 is 11.6 Å². The van der Waals surface area contributed by atoms with Gasteiger partial charge in [-0.25, -0.2) is 0 Å². The highest BCUT2D eigenvalue weighted by Crippen LogP contribution is 2.15. The molecule has 5 heteroatoms. The van der Waals surface area contributed by atoms with Crippen molar-refractivity contribution in [3.8, 4) is 0 Å². The Morgan fingerprint density at radius 2 is 1.95 bits per heavy atom. The van der Waals surface area contributed by atoms with Gasteiger partial charge in [-0.15, -0.1) is 10.2 Å². The normalized spacial score (nSPS) is 11.1. The first-order valence-electron chi connectivity index (χ1n) is 6.04. The van der Waals surface area contributed by atoms with Gasteiger partial charge in [-0.3, -0.25) is 4.40 Å². The van der Waals surface area contributed by atoms with Gasteiger partial charge in [-0.1, -0.05) is 29.8 Å². The van der Waals surface area contributed by atoms with Crippen molar-refractivity contribution in [3.05, 3.63) is 64.6 Å². The zero-order valence-electron chi connectivity index (χ0n) is 10.3. The maximum absolute atomic E-state index is 6.00. The van der Waals surface area contributed by atoms with Crippen LogP contribution in [0.2, 0.25) is 5.02 Å². The summed E-state index contributed by atoms with van der Waals surface area (Å²) in [5, 5.41) is 9.14. The number of benzene rings is 1. The topological polar surface area (TPSA) is 56.2 Å². The largest absolute Gasteiger partial charge is 0.325 e. The first-order chi connectivity index (χ1) is 9.28. The van der Waals surface area contributed by atoms with Gasteiger partial charge in [0.1, 0.15) is 5.82 Å². The van der Waals surface area contributed by atoms with Crippen molar-refractivity contribution in [2.75, 3.05) is 0 Å². The molecule has 0 unspecified atom stereocenters. The van der Waals surface area contributed by atoms with E-state index in [1.54, 1.807) is 0 Å². The SMILES string of the molecule is NCc1cccc2nnc(Cc3cccc(Cl)c3)n12. The third-order valence-corrected chi connectivity index (χ3v) is 3.27.